The summed E-state index contributed by atoms with van der Waals surface area (Å²) in [5, 5.41) is 0. The van der Waals surface area contributed by atoms with Gasteiger partial charge in [-0.25, -0.2) is 8.78 Å². The Bertz CT molecular complexity index is 725. The van der Waals surface area contributed by atoms with Crippen molar-refractivity contribution >= 4 is 11.4 Å². The molecule has 1 heterocycles. The SMILES string of the molecule is COCCOc1ccc(F)c(N)c1.Nc1cc(OC2CCOC2)ccc1F. The van der Waals surface area contributed by atoms with Gasteiger partial charge in [0.15, 0.2) is 0 Å². The predicted octanol–water partition coefficient (Wildman–Crippen LogP) is 3.01. The normalized spacial score (nSPS) is 15.7. The lowest BCUT2D eigenvalue weighted by Gasteiger charge is -2.11. The Hall–Kier alpha value is -2.58. The van der Waals surface area contributed by atoms with Crippen LogP contribution in [0.2, 0.25) is 0 Å². The highest BCUT2D eigenvalue weighted by Crippen LogP contribution is 2.21. The minimum atomic E-state index is -0.431. The fraction of sp³-hybridized carbons (Fsp3) is 0.368. The number of halogens is 2. The van der Waals surface area contributed by atoms with Crippen molar-refractivity contribution in [2.75, 3.05) is 45.0 Å². The van der Waals surface area contributed by atoms with E-state index in [1.165, 1.54) is 30.3 Å². The fourth-order valence-corrected chi connectivity index (χ4v) is 2.25. The lowest BCUT2D eigenvalue weighted by atomic mass is 10.2. The lowest BCUT2D eigenvalue weighted by molar-refractivity contribution is 0.141. The van der Waals surface area contributed by atoms with Crippen LogP contribution in [0, 0.1) is 11.6 Å². The average molecular weight is 382 g/mol. The van der Waals surface area contributed by atoms with Gasteiger partial charge in [-0.2, -0.15) is 0 Å². The summed E-state index contributed by atoms with van der Waals surface area (Å²) in [6, 6.07) is 8.63. The van der Waals surface area contributed by atoms with E-state index in [4.69, 9.17) is 30.4 Å². The minimum Gasteiger partial charge on any atom is -0.491 e. The Kier molecular flexibility index (Phi) is 8.09. The second-order valence-electron chi connectivity index (χ2n) is 5.81. The molecule has 3 rings (SSSR count). The van der Waals surface area contributed by atoms with Gasteiger partial charge in [-0.1, -0.05) is 0 Å². The third-order valence-electron chi connectivity index (χ3n) is 3.68. The highest BCUT2D eigenvalue weighted by atomic mass is 19.1. The molecule has 4 N–H and O–H groups in total. The number of hydrogen-bond donors (Lipinski definition) is 2. The van der Waals surface area contributed by atoms with E-state index < -0.39 is 11.6 Å². The number of methoxy groups -OCH3 is 1. The fourth-order valence-electron chi connectivity index (χ4n) is 2.25. The lowest BCUT2D eigenvalue weighted by Crippen LogP contribution is -2.15. The average Bonchev–Trinajstić information content (AvgIpc) is 3.15. The summed E-state index contributed by atoms with van der Waals surface area (Å²) in [5.74, 6) is 0.300. The van der Waals surface area contributed by atoms with Crippen molar-refractivity contribution in [3.05, 3.63) is 48.0 Å². The molecule has 2 aromatic carbocycles. The molecule has 0 radical (unpaired) electrons. The molecule has 27 heavy (non-hydrogen) atoms. The van der Waals surface area contributed by atoms with E-state index in [0.717, 1.165) is 13.0 Å². The summed E-state index contributed by atoms with van der Waals surface area (Å²) < 4.78 is 46.2. The van der Waals surface area contributed by atoms with Crippen LogP contribution >= 0.6 is 0 Å². The highest BCUT2D eigenvalue weighted by Gasteiger charge is 2.17. The van der Waals surface area contributed by atoms with Gasteiger partial charge in [-0.3, -0.25) is 0 Å². The molecule has 1 unspecified atom stereocenters. The number of nitrogens with two attached hydrogens (primary N) is 2. The monoisotopic (exact) mass is 382 g/mol. The Morgan fingerprint density at radius 3 is 2.19 bits per heavy atom. The first-order valence-corrected chi connectivity index (χ1v) is 8.45. The van der Waals surface area contributed by atoms with E-state index in [2.05, 4.69) is 0 Å². The van der Waals surface area contributed by atoms with Crippen molar-refractivity contribution in [2.45, 2.75) is 12.5 Å². The maximum Gasteiger partial charge on any atom is 0.146 e. The molecule has 0 spiro atoms. The molecule has 1 atom stereocenters. The summed E-state index contributed by atoms with van der Waals surface area (Å²) in [5.41, 5.74) is 11.0. The molecule has 148 valence electrons. The van der Waals surface area contributed by atoms with E-state index in [1.807, 2.05) is 0 Å². The Morgan fingerprint density at radius 2 is 1.63 bits per heavy atom. The number of rotatable bonds is 6. The van der Waals surface area contributed by atoms with Crippen LogP contribution in [-0.4, -0.2) is 39.6 Å². The Labute approximate surface area is 157 Å². The smallest absolute Gasteiger partial charge is 0.146 e. The van der Waals surface area contributed by atoms with Crippen molar-refractivity contribution in [1.29, 1.82) is 0 Å². The van der Waals surface area contributed by atoms with Crippen LogP contribution in [0.5, 0.6) is 11.5 Å². The molecule has 8 heteroatoms. The molecule has 0 aromatic heterocycles. The summed E-state index contributed by atoms with van der Waals surface area (Å²) in [4.78, 5) is 0. The Balaban J connectivity index is 0.000000194. The van der Waals surface area contributed by atoms with Crippen molar-refractivity contribution in [1.82, 2.24) is 0 Å². The third kappa shape index (κ3) is 6.92. The predicted molar refractivity (Wildman–Crippen MR) is 98.8 cm³/mol. The topological polar surface area (TPSA) is 89.0 Å². The van der Waals surface area contributed by atoms with Crippen LogP contribution in [0.1, 0.15) is 6.42 Å². The minimum absolute atomic E-state index is 0.0693. The summed E-state index contributed by atoms with van der Waals surface area (Å²) in [7, 11) is 1.59. The van der Waals surface area contributed by atoms with E-state index >= 15 is 0 Å². The van der Waals surface area contributed by atoms with Crippen molar-refractivity contribution in [2.24, 2.45) is 0 Å². The number of ether oxygens (including phenoxy) is 4. The van der Waals surface area contributed by atoms with Crippen molar-refractivity contribution in [3.63, 3.8) is 0 Å². The van der Waals surface area contributed by atoms with Crippen LogP contribution in [0.25, 0.3) is 0 Å². The molecular weight excluding hydrogens is 358 g/mol. The number of hydrogen-bond acceptors (Lipinski definition) is 6. The molecule has 0 bridgehead atoms. The van der Waals surface area contributed by atoms with Crippen molar-refractivity contribution < 1.29 is 27.7 Å². The van der Waals surface area contributed by atoms with Crippen LogP contribution in [-0.2, 0) is 9.47 Å². The van der Waals surface area contributed by atoms with Gasteiger partial charge in [-0.05, 0) is 24.3 Å². The summed E-state index contributed by atoms with van der Waals surface area (Å²) in [6.07, 6.45) is 0.942. The largest absolute Gasteiger partial charge is 0.491 e. The van der Waals surface area contributed by atoms with E-state index in [0.29, 0.717) is 31.3 Å². The zero-order valence-electron chi connectivity index (χ0n) is 15.1. The standard InChI is InChI=1S/C10H12FNO2.C9H12FNO2/c11-9-2-1-7(5-10(9)12)14-8-3-4-13-6-8;1-12-4-5-13-7-2-3-8(10)9(11)6-7/h1-2,5,8H,3-4,6,12H2;2-3,6H,4-5,11H2,1H3. The van der Waals surface area contributed by atoms with Gasteiger partial charge in [0.05, 0.1) is 31.2 Å². The zero-order valence-corrected chi connectivity index (χ0v) is 15.1. The molecule has 0 aliphatic carbocycles. The van der Waals surface area contributed by atoms with Crippen LogP contribution in [0.3, 0.4) is 0 Å². The maximum absolute atomic E-state index is 12.8. The molecule has 1 aliphatic rings. The van der Waals surface area contributed by atoms with Gasteiger partial charge in [0.2, 0.25) is 0 Å². The highest BCUT2D eigenvalue weighted by molar-refractivity contribution is 5.45. The molecule has 0 saturated carbocycles. The molecule has 1 fully saturated rings. The summed E-state index contributed by atoms with van der Waals surface area (Å²) in [6.45, 7) is 2.25. The van der Waals surface area contributed by atoms with Gasteiger partial charge in [0.25, 0.3) is 0 Å². The molecule has 6 nitrogen and oxygen atoms in total. The number of benzene rings is 2. The van der Waals surface area contributed by atoms with Crippen molar-refractivity contribution in [3.8, 4) is 11.5 Å². The van der Waals surface area contributed by atoms with E-state index in [-0.39, 0.29) is 17.5 Å². The van der Waals surface area contributed by atoms with Crippen LogP contribution < -0.4 is 20.9 Å². The zero-order chi connectivity index (χ0) is 19.6. The first-order chi connectivity index (χ1) is 13.0. The van der Waals surface area contributed by atoms with Gasteiger partial charge in [0.1, 0.15) is 35.8 Å². The molecule has 1 aliphatic heterocycles. The molecular formula is C19H24F2N2O4. The first-order valence-electron chi connectivity index (χ1n) is 8.45. The van der Waals surface area contributed by atoms with Gasteiger partial charge in [-0.15, -0.1) is 0 Å². The second kappa shape index (κ2) is 10.5. The van der Waals surface area contributed by atoms with E-state index in [9.17, 15) is 8.78 Å². The van der Waals surface area contributed by atoms with Gasteiger partial charge >= 0.3 is 0 Å². The Morgan fingerprint density at radius 1 is 1.00 bits per heavy atom. The van der Waals surface area contributed by atoms with Gasteiger partial charge < -0.3 is 30.4 Å². The second-order valence-corrected chi connectivity index (χ2v) is 5.81. The molecule has 1 saturated heterocycles. The van der Waals surface area contributed by atoms with Crippen LogP contribution in [0.4, 0.5) is 20.2 Å². The van der Waals surface area contributed by atoms with Gasteiger partial charge in [0, 0.05) is 25.7 Å². The molecule has 2 aromatic rings. The van der Waals surface area contributed by atoms with E-state index in [1.54, 1.807) is 13.2 Å². The number of nitrogen functional groups attached to an aromatic ring is 2. The number of anilines is 2. The summed E-state index contributed by atoms with van der Waals surface area (Å²) >= 11 is 0. The maximum atomic E-state index is 12.8. The first kappa shape index (κ1) is 20.7. The third-order valence-corrected chi connectivity index (χ3v) is 3.68. The molecule has 0 amide bonds. The van der Waals surface area contributed by atoms with Crippen LogP contribution in [0.15, 0.2) is 36.4 Å². The quantitative estimate of drug-likeness (QED) is 0.590.